The Morgan fingerprint density at radius 2 is 1.77 bits per heavy atom. The van der Waals surface area contributed by atoms with Crippen LogP contribution in [0.2, 0.25) is 0 Å². The first-order valence-electron chi connectivity index (χ1n) is 5.69. The van der Waals surface area contributed by atoms with Gasteiger partial charge in [-0.25, -0.2) is 9.78 Å². The lowest BCUT2D eigenvalue weighted by molar-refractivity contribution is -0.295. The number of halogens is 6. The zero-order valence-corrected chi connectivity index (χ0v) is 12.0. The van der Waals surface area contributed by atoms with E-state index in [-0.39, 0.29) is 0 Å². The molecule has 22 heavy (non-hydrogen) atoms. The number of aromatic nitrogens is 1. The number of amides is 1. The van der Waals surface area contributed by atoms with E-state index in [4.69, 9.17) is 0 Å². The van der Waals surface area contributed by atoms with E-state index in [1.165, 1.54) is 24.5 Å². The molecule has 0 aliphatic heterocycles. The lowest BCUT2D eigenvalue weighted by atomic mass is 10.1. The number of nitrogens with one attached hydrogen (secondary N) is 2. The molecule has 0 spiro atoms. The highest BCUT2D eigenvalue weighted by atomic mass is 32.1. The topological polar surface area (TPSA) is 63.2 Å². The summed E-state index contributed by atoms with van der Waals surface area (Å²) in [6.07, 6.45) is -13.6. The summed E-state index contributed by atoms with van der Waals surface area (Å²) >= 11 is 0.509. The molecule has 1 rings (SSSR count). The Bertz CT molecular complexity index is 486. The van der Waals surface area contributed by atoms with Crippen molar-refractivity contribution in [2.75, 3.05) is 5.32 Å². The van der Waals surface area contributed by atoms with Gasteiger partial charge in [0.05, 0.1) is 6.10 Å². The molecule has 0 aliphatic carbocycles. The molecule has 126 valence electrons. The number of thiazole rings is 1. The van der Waals surface area contributed by atoms with Gasteiger partial charge >= 0.3 is 24.1 Å². The van der Waals surface area contributed by atoms with E-state index in [1.807, 2.05) is 0 Å². The van der Waals surface area contributed by atoms with Crippen molar-refractivity contribution >= 4 is 22.6 Å². The summed E-state index contributed by atoms with van der Waals surface area (Å²) in [6.45, 7) is 2.55. The highest BCUT2D eigenvalue weighted by Gasteiger charge is 2.73. The number of rotatable bonds is 4. The van der Waals surface area contributed by atoms with Gasteiger partial charge in [0.1, 0.15) is 0 Å². The third kappa shape index (κ3) is 3.93. The second kappa shape index (κ2) is 6.18. The lowest BCUT2D eigenvalue weighted by Crippen LogP contribution is -2.72. The summed E-state index contributed by atoms with van der Waals surface area (Å²) < 4.78 is 82.8. The summed E-state index contributed by atoms with van der Waals surface area (Å²) in [7, 11) is 0. The van der Waals surface area contributed by atoms with Crippen LogP contribution in [0, 0.1) is 0 Å². The molecule has 0 fully saturated rings. The number of alkyl carbamates (subject to hydrolysis) is 1. The Hall–Kier alpha value is -1.72. The van der Waals surface area contributed by atoms with Gasteiger partial charge in [0, 0.05) is 11.6 Å². The fraction of sp³-hybridized carbons (Fsp3) is 0.600. The van der Waals surface area contributed by atoms with Crippen molar-refractivity contribution in [3.63, 3.8) is 0 Å². The van der Waals surface area contributed by atoms with Gasteiger partial charge in [0.25, 0.3) is 0 Å². The van der Waals surface area contributed by atoms with E-state index in [0.29, 0.717) is 11.3 Å². The standard InChI is InChI=1S/C10H11F6N3O2S/c1-5(2)21-7(20)19-8(9(11,12)13,10(14,15)16)18-6-17-3-4-22-6/h3-5H,1-2H3,(H,17,18)(H,19,20). The molecule has 0 saturated heterocycles. The molecule has 0 unspecified atom stereocenters. The fourth-order valence-corrected chi connectivity index (χ4v) is 1.90. The van der Waals surface area contributed by atoms with Crippen molar-refractivity contribution in [1.82, 2.24) is 10.3 Å². The van der Waals surface area contributed by atoms with E-state index in [0.717, 1.165) is 11.5 Å². The van der Waals surface area contributed by atoms with Crippen molar-refractivity contribution in [2.24, 2.45) is 0 Å². The maximum absolute atomic E-state index is 13.1. The van der Waals surface area contributed by atoms with E-state index < -0.39 is 35.3 Å². The molecule has 0 aromatic carbocycles. The molecule has 1 amide bonds. The predicted molar refractivity (Wildman–Crippen MR) is 65.3 cm³/mol. The number of alkyl halides is 6. The van der Waals surface area contributed by atoms with Gasteiger partial charge in [-0.1, -0.05) is 0 Å². The quantitative estimate of drug-likeness (QED) is 0.644. The number of carbonyl (C=O) groups is 1. The molecule has 0 saturated carbocycles. The van der Waals surface area contributed by atoms with Crippen LogP contribution in [0.4, 0.5) is 36.3 Å². The Labute approximate surface area is 124 Å². The molecule has 1 aromatic heterocycles. The summed E-state index contributed by atoms with van der Waals surface area (Å²) in [4.78, 5) is 14.6. The molecule has 2 N–H and O–H groups in total. The highest BCUT2D eigenvalue weighted by Crippen LogP contribution is 2.43. The van der Waals surface area contributed by atoms with Crippen molar-refractivity contribution < 1.29 is 35.9 Å². The van der Waals surface area contributed by atoms with Gasteiger partial charge in [-0.15, -0.1) is 11.3 Å². The number of carbonyl (C=O) groups excluding carboxylic acids is 1. The first kappa shape index (κ1) is 18.3. The SMILES string of the molecule is CC(C)OC(=O)NC(Nc1nccs1)(C(F)(F)F)C(F)(F)F. The van der Waals surface area contributed by atoms with Crippen LogP contribution in [0.1, 0.15) is 13.8 Å². The van der Waals surface area contributed by atoms with Gasteiger partial charge in [-0.3, -0.25) is 5.32 Å². The summed E-state index contributed by atoms with van der Waals surface area (Å²) in [5.74, 6) is 0. The van der Waals surface area contributed by atoms with Crippen LogP contribution in [-0.4, -0.2) is 35.2 Å². The van der Waals surface area contributed by atoms with E-state index in [1.54, 1.807) is 0 Å². The molecule has 1 heterocycles. The van der Waals surface area contributed by atoms with E-state index >= 15 is 0 Å². The molecule has 0 atom stereocenters. The van der Waals surface area contributed by atoms with E-state index in [9.17, 15) is 31.1 Å². The highest BCUT2D eigenvalue weighted by molar-refractivity contribution is 7.13. The van der Waals surface area contributed by atoms with E-state index in [2.05, 4.69) is 9.72 Å². The molecule has 0 bridgehead atoms. The molecule has 12 heteroatoms. The number of hydrogen-bond donors (Lipinski definition) is 2. The number of nitrogens with zero attached hydrogens (tertiary/aromatic N) is 1. The monoisotopic (exact) mass is 351 g/mol. The number of anilines is 1. The minimum absolute atomic E-state index is 0.509. The van der Waals surface area contributed by atoms with Crippen LogP contribution >= 0.6 is 11.3 Å². The molecule has 1 aromatic rings. The third-order valence-corrected chi connectivity index (χ3v) is 2.90. The zero-order valence-electron chi connectivity index (χ0n) is 11.2. The Morgan fingerprint density at radius 1 is 1.23 bits per heavy atom. The van der Waals surface area contributed by atoms with Gasteiger partial charge in [-0.05, 0) is 13.8 Å². The van der Waals surface area contributed by atoms with Gasteiger partial charge < -0.3 is 10.1 Å². The number of ether oxygens (including phenoxy) is 1. The minimum atomic E-state index is -5.90. The maximum atomic E-state index is 13.1. The predicted octanol–water partition coefficient (Wildman–Crippen LogP) is 3.51. The zero-order chi connectivity index (χ0) is 17.2. The Balaban J connectivity index is 3.24. The van der Waals surface area contributed by atoms with Crippen LogP contribution in [0.5, 0.6) is 0 Å². The van der Waals surface area contributed by atoms with Crippen LogP contribution in [0.3, 0.4) is 0 Å². The third-order valence-electron chi connectivity index (χ3n) is 2.21. The first-order valence-corrected chi connectivity index (χ1v) is 6.57. The summed E-state index contributed by atoms with van der Waals surface area (Å²) in [5, 5.41) is 2.53. The molecular formula is C10H11F6N3O2S. The van der Waals surface area contributed by atoms with Crippen molar-refractivity contribution in [3.8, 4) is 0 Å². The minimum Gasteiger partial charge on any atom is -0.447 e. The molecule has 0 aliphatic rings. The average molecular weight is 351 g/mol. The normalized spacial score (nSPS) is 13.1. The summed E-state index contributed by atoms with van der Waals surface area (Å²) in [5.41, 5.74) is -4.72. The average Bonchev–Trinajstić information content (AvgIpc) is 2.76. The van der Waals surface area contributed by atoms with Crippen LogP contribution in [-0.2, 0) is 4.74 Å². The van der Waals surface area contributed by atoms with Crippen LogP contribution < -0.4 is 10.6 Å². The van der Waals surface area contributed by atoms with Gasteiger partial charge in [0.15, 0.2) is 5.13 Å². The largest absolute Gasteiger partial charge is 0.447 e. The van der Waals surface area contributed by atoms with Gasteiger partial charge in [-0.2, -0.15) is 26.3 Å². The second-order valence-corrected chi connectivity index (χ2v) is 5.18. The molecular weight excluding hydrogens is 340 g/mol. The fourth-order valence-electron chi connectivity index (χ4n) is 1.32. The van der Waals surface area contributed by atoms with Crippen LogP contribution in [0.15, 0.2) is 11.6 Å². The first-order chi connectivity index (χ1) is 9.89. The van der Waals surface area contributed by atoms with Crippen molar-refractivity contribution in [1.29, 1.82) is 0 Å². The lowest BCUT2D eigenvalue weighted by Gasteiger charge is -2.37. The number of hydrogen-bond acceptors (Lipinski definition) is 5. The second-order valence-electron chi connectivity index (χ2n) is 4.29. The van der Waals surface area contributed by atoms with Crippen LogP contribution in [0.25, 0.3) is 0 Å². The Morgan fingerprint density at radius 3 is 2.14 bits per heavy atom. The molecule has 5 nitrogen and oxygen atoms in total. The van der Waals surface area contributed by atoms with Crippen molar-refractivity contribution in [3.05, 3.63) is 11.6 Å². The summed E-state index contributed by atoms with van der Waals surface area (Å²) in [6, 6.07) is 0. The van der Waals surface area contributed by atoms with Crippen molar-refractivity contribution in [2.45, 2.75) is 38.0 Å². The maximum Gasteiger partial charge on any atom is 0.439 e. The van der Waals surface area contributed by atoms with Gasteiger partial charge in [0.2, 0.25) is 0 Å². The Kier molecular flexibility index (Phi) is 5.15. The smallest absolute Gasteiger partial charge is 0.439 e. The molecule has 0 radical (unpaired) electrons.